The van der Waals surface area contributed by atoms with Crippen LogP contribution in [0.5, 0.6) is 0 Å². The molecule has 1 N–H and O–H groups in total. The van der Waals surface area contributed by atoms with Crippen molar-refractivity contribution in [2.45, 2.75) is 33.6 Å². The number of carbonyl (C=O) groups excluding carboxylic acids is 1. The maximum Gasteiger partial charge on any atom is 0.222 e. The number of carbonyl (C=O) groups is 1. The molecular weight excluding hydrogens is 208 g/mol. The van der Waals surface area contributed by atoms with Crippen molar-refractivity contribution in [1.82, 2.24) is 10.3 Å². The Morgan fingerprint density at radius 1 is 1.60 bits per heavy atom. The fourth-order valence-electron chi connectivity index (χ4n) is 1.17. The highest BCUT2D eigenvalue weighted by atomic mass is 32.1. The predicted octanol–water partition coefficient (Wildman–Crippen LogP) is 2.16. The van der Waals surface area contributed by atoms with Gasteiger partial charge in [0.05, 0.1) is 5.01 Å². The van der Waals surface area contributed by atoms with E-state index in [-0.39, 0.29) is 11.8 Å². The Morgan fingerprint density at radius 2 is 2.33 bits per heavy atom. The van der Waals surface area contributed by atoms with Crippen LogP contribution < -0.4 is 5.32 Å². The third-order valence-electron chi connectivity index (χ3n) is 2.06. The zero-order valence-electron chi connectivity index (χ0n) is 9.54. The molecule has 0 unspecified atom stereocenters. The van der Waals surface area contributed by atoms with Crippen molar-refractivity contribution in [3.05, 3.63) is 16.1 Å². The van der Waals surface area contributed by atoms with E-state index in [1.807, 2.05) is 20.8 Å². The molecule has 0 spiro atoms. The van der Waals surface area contributed by atoms with Crippen LogP contribution in [0.4, 0.5) is 0 Å². The lowest BCUT2D eigenvalue weighted by Crippen LogP contribution is -2.28. The van der Waals surface area contributed by atoms with Crippen molar-refractivity contribution >= 4 is 17.2 Å². The number of hydrogen-bond acceptors (Lipinski definition) is 3. The monoisotopic (exact) mass is 226 g/mol. The maximum absolute atomic E-state index is 11.2. The summed E-state index contributed by atoms with van der Waals surface area (Å²) in [7, 11) is 0. The van der Waals surface area contributed by atoms with Gasteiger partial charge in [-0.05, 0) is 13.3 Å². The molecule has 0 radical (unpaired) electrons. The number of hydrogen-bond donors (Lipinski definition) is 1. The minimum absolute atomic E-state index is 0.0760. The van der Waals surface area contributed by atoms with E-state index < -0.39 is 0 Å². The van der Waals surface area contributed by atoms with Crippen molar-refractivity contribution < 1.29 is 4.79 Å². The van der Waals surface area contributed by atoms with E-state index in [1.54, 1.807) is 11.3 Å². The molecule has 3 nitrogen and oxygen atoms in total. The highest BCUT2D eigenvalue weighted by Gasteiger charge is 2.05. The van der Waals surface area contributed by atoms with Gasteiger partial charge in [0.15, 0.2) is 0 Å². The molecule has 0 aliphatic heterocycles. The van der Waals surface area contributed by atoms with Crippen molar-refractivity contribution in [2.75, 3.05) is 6.54 Å². The number of nitrogens with one attached hydrogen (secondary N) is 1. The molecule has 0 atom stereocenters. The third-order valence-corrected chi connectivity index (χ3v) is 3.08. The topological polar surface area (TPSA) is 42.0 Å². The Morgan fingerprint density at radius 3 is 2.87 bits per heavy atom. The molecule has 0 aliphatic rings. The van der Waals surface area contributed by atoms with Crippen LogP contribution in [-0.4, -0.2) is 17.4 Å². The molecule has 84 valence electrons. The molecule has 0 bridgehead atoms. The summed E-state index contributed by atoms with van der Waals surface area (Å²) in [6.07, 6.45) is 1.92. The highest BCUT2D eigenvalue weighted by Crippen LogP contribution is 2.10. The quantitative estimate of drug-likeness (QED) is 0.782. The molecule has 1 amide bonds. The summed E-state index contributed by atoms with van der Waals surface area (Å²) in [5, 5.41) is 6.11. The summed E-state index contributed by atoms with van der Waals surface area (Å²) in [6.45, 7) is 6.55. The Bertz CT molecular complexity index is 320. The zero-order chi connectivity index (χ0) is 11.3. The summed E-state index contributed by atoms with van der Waals surface area (Å²) in [4.78, 5) is 15.6. The molecule has 1 aromatic heterocycles. The van der Waals surface area contributed by atoms with Crippen LogP contribution in [0.1, 0.15) is 31.0 Å². The van der Waals surface area contributed by atoms with Gasteiger partial charge in [-0.15, -0.1) is 11.3 Å². The lowest BCUT2D eigenvalue weighted by molar-refractivity contribution is -0.123. The standard InChI is InChI=1S/C11H18N2OS/c1-8(2)11(14)12-6-4-5-10-13-9(3)7-15-10/h7-8H,4-6H2,1-3H3,(H,12,14). The SMILES string of the molecule is Cc1csc(CCCNC(=O)C(C)C)n1. The molecule has 1 aromatic rings. The average Bonchev–Trinajstić information content (AvgIpc) is 2.58. The average molecular weight is 226 g/mol. The second-order valence-electron chi connectivity index (χ2n) is 3.93. The number of aryl methyl sites for hydroxylation is 2. The number of thiazole rings is 1. The molecule has 0 aromatic carbocycles. The van der Waals surface area contributed by atoms with E-state index in [0.717, 1.165) is 30.1 Å². The Hall–Kier alpha value is -0.900. The van der Waals surface area contributed by atoms with Gasteiger partial charge in [0.2, 0.25) is 5.91 Å². The molecule has 0 saturated heterocycles. The summed E-state index contributed by atoms with van der Waals surface area (Å²) in [5.74, 6) is 0.206. The Kier molecular flexibility index (Phi) is 4.75. The van der Waals surface area contributed by atoms with Gasteiger partial charge in [0.25, 0.3) is 0 Å². The second-order valence-corrected chi connectivity index (χ2v) is 4.87. The fourth-order valence-corrected chi connectivity index (χ4v) is 1.99. The lowest BCUT2D eigenvalue weighted by atomic mass is 10.2. The Balaban J connectivity index is 2.15. The minimum atomic E-state index is 0.0760. The largest absolute Gasteiger partial charge is 0.356 e. The van der Waals surface area contributed by atoms with Gasteiger partial charge in [-0.25, -0.2) is 4.98 Å². The van der Waals surface area contributed by atoms with Gasteiger partial charge < -0.3 is 5.32 Å². The predicted molar refractivity (Wildman–Crippen MR) is 63.0 cm³/mol. The summed E-state index contributed by atoms with van der Waals surface area (Å²) in [6, 6.07) is 0. The van der Waals surface area contributed by atoms with Gasteiger partial charge >= 0.3 is 0 Å². The smallest absolute Gasteiger partial charge is 0.222 e. The normalized spacial score (nSPS) is 10.7. The molecule has 0 fully saturated rings. The van der Waals surface area contributed by atoms with Crippen molar-refractivity contribution in [2.24, 2.45) is 5.92 Å². The number of nitrogens with zero attached hydrogens (tertiary/aromatic N) is 1. The second kappa shape index (κ2) is 5.85. The number of rotatable bonds is 5. The minimum Gasteiger partial charge on any atom is -0.356 e. The number of amides is 1. The molecule has 15 heavy (non-hydrogen) atoms. The van der Waals surface area contributed by atoms with Gasteiger partial charge in [-0.3, -0.25) is 4.79 Å². The van der Waals surface area contributed by atoms with Gasteiger partial charge in [-0.1, -0.05) is 13.8 Å². The van der Waals surface area contributed by atoms with E-state index in [4.69, 9.17) is 0 Å². The van der Waals surface area contributed by atoms with E-state index in [1.165, 1.54) is 0 Å². The molecule has 4 heteroatoms. The Labute approximate surface area is 94.9 Å². The van der Waals surface area contributed by atoms with Gasteiger partial charge in [0.1, 0.15) is 0 Å². The van der Waals surface area contributed by atoms with E-state index in [2.05, 4.69) is 15.7 Å². The van der Waals surface area contributed by atoms with Crippen LogP contribution in [-0.2, 0) is 11.2 Å². The highest BCUT2D eigenvalue weighted by molar-refractivity contribution is 7.09. The first-order valence-electron chi connectivity index (χ1n) is 5.28. The first kappa shape index (κ1) is 12.2. The van der Waals surface area contributed by atoms with Crippen molar-refractivity contribution in [1.29, 1.82) is 0 Å². The van der Waals surface area contributed by atoms with Gasteiger partial charge in [-0.2, -0.15) is 0 Å². The van der Waals surface area contributed by atoms with Crippen molar-refractivity contribution in [3.63, 3.8) is 0 Å². The maximum atomic E-state index is 11.2. The third kappa shape index (κ3) is 4.42. The molecule has 0 saturated carbocycles. The van der Waals surface area contributed by atoms with Crippen LogP contribution in [0.25, 0.3) is 0 Å². The molecule has 1 rings (SSSR count). The summed E-state index contributed by atoms with van der Waals surface area (Å²) >= 11 is 1.69. The first-order valence-corrected chi connectivity index (χ1v) is 6.16. The van der Waals surface area contributed by atoms with Gasteiger partial charge in [0, 0.05) is 30.0 Å². The fraction of sp³-hybridized carbons (Fsp3) is 0.636. The van der Waals surface area contributed by atoms with Crippen LogP contribution in [0, 0.1) is 12.8 Å². The molecule has 0 aliphatic carbocycles. The first-order chi connectivity index (χ1) is 7.09. The van der Waals surface area contributed by atoms with E-state index >= 15 is 0 Å². The lowest BCUT2D eigenvalue weighted by Gasteiger charge is -2.06. The molecule has 1 heterocycles. The molecular formula is C11H18N2OS. The van der Waals surface area contributed by atoms with E-state index in [0.29, 0.717) is 0 Å². The van der Waals surface area contributed by atoms with Crippen LogP contribution in [0.2, 0.25) is 0 Å². The number of aromatic nitrogens is 1. The van der Waals surface area contributed by atoms with Crippen molar-refractivity contribution in [3.8, 4) is 0 Å². The summed E-state index contributed by atoms with van der Waals surface area (Å²) < 4.78 is 0. The van der Waals surface area contributed by atoms with Crippen LogP contribution in [0.3, 0.4) is 0 Å². The van der Waals surface area contributed by atoms with Crippen LogP contribution in [0.15, 0.2) is 5.38 Å². The van der Waals surface area contributed by atoms with Crippen LogP contribution >= 0.6 is 11.3 Å². The zero-order valence-corrected chi connectivity index (χ0v) is 10.4. The van der Waals surface area contributed by atoms with E-state index in [9.17, 15) is 4.79 Å². The summed E-state index contributed by atoms with van der Waals surface area (Å²) in [5.41, 5.74) is 1.08.